The molecule has 5 heteroatoms. The lowest BCUT2D eigenvalue weighted by Gasteiger charge is -2.22. The topological polar surface area (TPSA) is 78.4 Å². The van der Waals surface area contributed by atoms with Crippen LogP contribution in [0.2, 0.25) is 0 Å². The van der Waals surface area contributed by atoms with Crippen molar-refractivity contribution < 1.29 is 14.7 Å². The zero-order valence-electron chi connectivity index (χ0n) is 10.9. The summed E-state index contributed by atoms with van der Waals surface area (Å²) < 4.78 is 0. The Bertz CT molecular complexity index is 493. The number of aromatic carboxylic acids is 1. The first-order valence-corrected chi connectivity index (χ1v) is 6.43. The van der Waals surface area contributed by atoms with Gasteiger partial charge in [0.2, 0.25) is 5.91 Å². The second-order valence-electron chi connectivity index (χ2n) is 4.87. The first-order chi connectivity index (χ1) is 9.08. The van der Waals surface area contributed by atoms with Crippen LogP contribution in [0.1, 0.15) is 28.8 Å². The molecule has 1 aromatic rings. The van der Waals surface area contributed by atoms with Crippen LogP contribution in [0.15, 0.2) is 18.2 Å². The van der Waals surface area contributed by atoms with Gasteiger partial charge >= 0.3 is 5.97 Å². The molecule has 0 bridgehead atoms. The van der Waals surface area contributed by atoms with Crippen LogP contribution in [0.25, 0.3) is 0 Å². The Hall–Kier alpha value is -1.88. The third kappa shape index (κ3) is 3.32. The minimum absolute atomic E-state index is 0.0402. The summed E-state index contributed by atoms with van der Waals surface area (Å²) in [5.74, 6) is -1.07. The van der Waals surface area contributed by atoms with Gasteiger partial charge in [-0.05, 0) is 44.0 Å². The molecule has 19 heavy (non-hydrogen) atoms. The Labute approximate surface area is 112 Å². The molecule has 1 aliphatic rings. The van der Waals surface area contributed by atoms with E-state index in [1.54, 1.807) is 6.07 Å². The molecule has 0 radical (unpaired) electrons. The van der Waals surface area contributed by atoms with Crippen LogP contribution in [0.5, 0.6) is 0 Å². The summed E-state index contributed by atoms with van der Waals surface area (Å²) in [6, 6.07) is 4.75. The lowest BCUT2D eigenvalue weighted by atomic mass is 9.98. The van der Waals surface area contributed by atoms with Crippen LogP contribution in [0.3, 0.4) is 0 Å². The fraction of sp³-hybridized carbons (Fsp3) is 0.429. The number of benzene rings is 1. The molecule has 5 nitrogen and oxygen atoms in total. The first-order valence-electron chi connectivity index (χ1n) is 6.43. The minimum Gasteiger partial charge on any atom is -0.478 e. The van der Waals surface area contributed by atoms with Crippen molar-refractivity contribution in [3.05, 3.63) is 29.3 Å². The first kappa shape index (κ1) is 13.5. The van der Waals surface area contributed by atoms with E-state index >= 15 is 0 Å². The molecule has 2 rings (SSSR count). The Morgan fingerprint density at radius 1 is 1.42 bits per heavy atom. The number of carboxylic acids is 1. The predicted octanol–water partition coefficient (Wildman–Crippen LogP) is 1.63. The van der Waals surface area contributed by atoms with E-state index in [2.05, 4.69) is 10.6 Å². The Morgan fingerprint density at radius 3 is 2.84 bits per heavy atom. The largest absolute Gasteiger partial charge is 0.478 e. The number of aryl methyl sites for hydroxylation is 1. The van der Waals surface area contributed by atoms with E-state index in [4.69, 9.17) is 5.11 Å². The molecule has 1 amide bonds. The summed E-state index contributed by atoms with van der Waals surface area (Å²) in [7, 11) is 0. The van der Waals surface area contributed by atoms with Crippen molar-refractivity contribution >= 4 is 17.6 Å². The van der Waals surface area contributed by atoms with Crippen molar-refractivity contribution in [2.45, 2.75) is 19.8 Å². The van der Waals surface area contributed by atoms with Crippen molar-refractivity contribution in [2.75, 3.05) is 18.4 Å². The van der Waals surface area contributed by atoms with Crippen LogP contribution in [-0.4, -0.2) is 30.1 Å². The average Bonchev–Trinajstić information content (AvgIpc) is 2.42. The SMILES string of the molecule is Cc1ccc(C(=O)O)cc1NC(=O)[C@@H]1CCCNC1. The highest BCUT2D eigenvalue weighted by Crippen LogP contribution is 2.19. The van der Waals surface area contributed by atoms with E-state index < -0.39 is 5.97 Å². The van der Waals surface area contributed by atoms with Crippen LogP contribution in [0.4, 0.5) is 5.69 Å². The smallest absolute Gasteiger partial charge is 0.335 e. The number of piperidine rings is 1. The summed E-state index contributed by atoms with van der Waals surface area (Å²) in [5, 5.41) is 15.0. The molecule has 0 unspecified atom stereocenters. The highest BCUT2D eigenvalue weighted by atomic mass is 16.4. The number of carboxylic acid groups (broad SMARTS) is 1. The van der Waals surface area contributed by atoms with Crippen molar-refractivity contribution in [3.63, 3.8) is 0 Å². The highest BCUT2D eigenvalue weighted by Gasteiger charge is 2.21. The second-order valence-corrected chi connectivity index (χ2v) is 4.87. The molecule has 1 heterocycles. The van der Waals surface area contributed by atoms with Crippen molar-refractivity contribution in [3.8, 4) is 0 Å². The molecule has 1 atom stereocenters. The quantitative estimate of drug-likeness (QED) is 0.773. The number of nitrogens with one attached hydrogen (secondary N) is 2. The third-order valence-corrected chi connectivity index (χ3v) is 3.41. The van der Waals surface area contributed by atoms with Gasteiger partial charge in [-0.15, -0.1) is 0 Å². The Morgan fingerprint density at radius 2 is 2.21 bits per heavy atom. The molecule has 0 aliphatic carbocycles. The van der Waals surface area contributed by atoms with Crippen LogP contribution in [0, 0.1) is 12.8 Å². The predicted molar refractivity (Wildman–Crippen MR) is 72.4 cm³/mol. The summed E-state index contributed by atoms with van der Waals surface area (Å²) in [6.45, 7) is 3.49. The molecule has 0 spiro atoms. The summed E-state index contributed by atoms with van der Waals surface area (Å²) >= 11 is 0. The van der Waals surface area contributed by atoms with E-state index in [9.17, 15) is 9.59 Å². The standard InChI is InChI=1S/C14H18N2O3/c1-9-4-5-10(14(18)19)7-12(9)16-13(17)11-3-2-6-15-8-11/h4-5,7,11,15H,2-3,6,8H2,1H3,(H,16,17)(H,18,19)/t11-/m1/s1. The Kier molecular flexibility index (Phi) is 4.16. The van der Waals surface area contributed by atoms with Gasteiger partial charge in [-0.3, -0.25) is 4.79 Å². The van der Waals surface area contributed by atoms with Gasteiger partial charge in [-0.1, -0.05) is 6.07 Å². The molecule has 3 N–H and O–H groups in total. The molecule has 0 aromatic heterocycles. The van der Waals surface area contributed by atoms with E-state index in [0.29, 0.717) is 12.2 Å². The fourth-order valence-electron chi connectivity index (χ4n) is 2.20. The van der Waals surface area contributed by atoms with E-state index in [1.807, 2.05) is 6.92 Å². The highest BCUT2D eigenvalue weighted by molar-refractivity contribution is 5.95. The van der Waals surface area contributed by atoms with Crippen LogP contribution < -0.4 is 10.6 Å². The zero-order chi connectivity index (χ0) is 13.8. The van der Waals surface area contributed by atoms with Gasteiger partial charge in [-0.2, -0.15) is 0 Å². The number of hydrogen-bond acceptors (Lipinski definition) is 3. The Balaban J connectivity index is 2.11. The molecule has 1 aromatic carbocycles. The number of carbonyl (C=O) groups is 2. The number of carbonyl (C=O) groups excluding carboxylic acids is 1. The molecule has 102 valence electrons. The molecule has 0 saturated carbocycles. The number of amides is 1. The third-order valence-electron chi connectivity index (χ3n) is 3.41. The second kappa shape index (κ2) is 5.84. The molecule has 1 aliphatic heterocycles. The molecular formula is C14H18N2O3. The van der Waals surface area contributed by atoms with Gasteiger partial charge in [0, 0.05) is 12.2 Å². The number of rotatable bonds is 3. The van der Waals surface area contributed by atoms with Gasteiger partial charge in [-0.25, -0.2) is 4.79 Å². The summed E-state index contributed by atoms with van der Waals surface area (Å²) in [6.07, 6.45) is 1.86. The summed E-state index contributed by atoms with van der Waals surface area (Å²) in [4.78, 5) is 23.0. The van der Waals surface area contributed by atoms with Crippen molar-refractivity contribution in [2.24, 2.45) is 5.92 Å². The molecule has 1 fully saturated rings. The van der Waals surface area contributed by atoms with Gasteiger partial charge < -0.3 is 15.7 Å². The monoisotopic (exact) mass is 262 g/mol. The fourth-order valence-corrected chi connectivity index (χ4v) is 2.20. The van der Waals surface area contributed by atoms with Gasteiger partial charge in [0.1, 0.15) is 0 Å². The minimum atomic E-state index is -0.991. The summed E-state index contributed by atoms with van der Waals surface area (Å²) in [5.41, 5.74) is 1.63. The maximum Gasteiger partial charge on any atom is 0.335 e. The maximum atomic E-state index is 12.1. The van der Waals surface area contributed by atoms with E-state index in [-0.39, 0.29) is 17.4 Å². The van der Waals surface area contributed by atoms with Crippen molar-refractivity contribution in [1.82, 2.24) is 5.32 Å². The normalized spacial score (nSPS) is 18.9. The molecular weight excluding hydrogens is 244 g/mol. The molecule has 1 saturated heterocycles. The lowest BCUT2D eigenvalue weighted by Crippen LogP contribution is -2.37. The van der Waals surface area contributed by atoms with Crippen LogP contribution >= 0.6 is 0 Å². The number of hydrogen-bond donors (Lipinski definition) is 3. The lowest BCUT2D eigenvalue weighted by molar-refractivity contribution is -0.120. The number of anilines is 1. The van der Waals surface area contributed by atoms with Gasteiger partial charge in [0.15, 0.2) is 0 Å². The van der Waals surface area contributed by atoms with Crippen LogP contribution in [-0.2, 0) is 4.79 Å². The van der Waals surface area contributed by atoms with E-state index in [0.717, 1.165) is 24.9 Å². The zero-order valence-corrected chi connectivity index (χ0v) is 10.9. The van der Waals surface area contributed by atoms with Gasteiger partial charge in [0.05, 0.1) is 11.5 Å². The van der Waals surface area contributed by atoms with E-state index in [1.165, 1.54) is 12.1 Å². The van der Waals surface area contributed by atoms with Gasteiger partial charge in [0.25, 0.3) is 0 Å². The maximum absolute atomic E-state index is 12.1. The average molecular weight is 262 g/mol. The van der Waals surface area contributed by atoms with Crippen molar-refractivity contribution in [1.29, 1.82) is 0 Å².